The molecule has 1 N–H and O–H groups in total. The number of nitrogens with zero attached hydrogens (tertiary/aromatic N) is 2. The Morgan fingerprint density at radius 2 is 1.57 bits per heavy atom. The van der Waals surface area contributed by atoms with Gasteiger partial charge >= 0.3 is 0 Å². The number of hydrogen-bond acceptors (Lipinski definition) is 5. The fourth-order valence-electron chi connectivity index (χ4n) is 4.45. The summed E-state index contributed by atoms with van der Waals surface area (Å²) in [6.45, 7) is 5.93. The van der Waals surface area contributed by atoms with Gasteiger partial charge in [-0.3, -0.25) is 13.9 Å². The van der Waals surface area contributed by atoms with Gasteiger partial charge < -0.3 is 15.0 Å². The van der Waals surface area contributed by atoms with E-state index in [0.717, 1.165) is 21.9 Å². The van der Waals surface area contributed by atoms with Crippen molar-refractivity contribution in [2.24, 2.45) is 0 Å². The van der Waals surface area contributed by atoms with Crippen LogP contribution in [0.3, 0.4) is 0 Å². The van der Waals surface area contributed by atoms with E-state index in [4.69, 9.17) is 4.74 Å². The first kappa shape index (κ1) is 30.7. The Labute approximate surface area is 238 Å². The van der Waals surface area contributed by atoms with Crippen LogP contribution in [0.1, 0.15) is 37.8 Å². The van der Waals surface area contributed by atoms with Crippen molar-refractivity contribution in [3.63, 3.8) is 0 Å². The van der Waals surface area contributed by atoms with Crippen LogP contribution >= 0.6 is 0 Å². The normalized spacial score (nSPS) is 11.9. The number of anilines is 1. The summed E-state index contributed by atoms with van der Waals surface area (Å²) in [4.78, 5) is 28.8. The van der Waals surface area contributed by atoms with E-state index in [1.54, 1.807) is 36.4 Å². The van der Waals surface area contributed by atoms with E-state index < -0.39 is 28.5 Å². The second-order valence-corrected chi connectivity index (χ2v) is 11.4. The molecule has 0 unspecified atom stereocenters. The van der Waals surface area contributed by atoms with Crippen molar-refractivity contribution >= 4 is 27.5 Å². The second-order valence-electron chi connectivity index (χ2n) is 9.53. The number of nitrogens with one attached hydrogen (secondary N) is 1. The molecule has 8 nitrogen and oxygen atoms in total. The van der Waals surface area contributed by atoms with E-state index in [9.17, 15) is 18.0 Å². The molecule has 0 fully saturated rings. The number of carbonyl (C=O) groups excluding carboxylic acids is 2. The first-order valence-electron chi connectivity index (χ1n) is 13.6. The van der Waals surface area contributed by atoms with Crippen LogP contribution in [0.15, 0.2) is 83.8 Å². The monoisotopic (exact) mass is 565 g/mol. The summed E-state index contributed by atoms with van der Waals surface area (Å²) < 4.78 is 34.5. The van der Waals surface area contributed by atoms with Crippen LogP contribution in [-0.4, -0.2) is 57.9 Å². The highest BCUT2D eigenvalue weighted by Crippen LogP contribution is 2.32. The van der Waals surface area contributed by atoms with Crippen LogP contribution in [0.2, 0.25) is 0 Å². The summed E-state index contributed by atoms with van der Waals surface area (Å²) >= 11 is 0. The molecule has 2 amide bonds. The van der Waals surface area contributed by atoms with Crippen molar-refractivity contribution in [1.29, 1.82) is 0 Å². The van der Waals surface area contributed by atoms with Crippen LogP contribution in [0.5, 0.6) is 5.75 Å². The zero-order valence-electron chi connectivity index (χ0n) is 23.7. The fourth-order valence-corrected chi connectivity index (χ4v) is 5.87. The van der Waals surface area contributed by atoms with Crippen molar-refractivity contribution in [2.75, 3.05) is 31.0 Å². The van der Waals surface area contributed by atoms with Gasteiger partial charge in [-0.25, -0.2) is 8.42 Å². The largest absolute Gasteiger partial charge is 0.495 e. The number of ether oxygens (including phenoxy) is 1. The number of carbonyl (C=O) groups is 2. The lowest BCUT2D eigenvalue weighted by molar-refractivity contribution is -0.139. The van der Waals surface area contributed by atoms with Crippen molar-refractivity contribution in [3.05, 3.63) is 90.0 Å². The third-order valence-electron chi connectivity index (χ3n) is 6.66. The third-order valence-corrected chi connectivity index (χ3v) is 8.44. The Morgan fingerprint density at radius 1 is 0.925 bits per heavy atom. The second kappa shape index (κ2) is 14.5. The molecule has 0 aliphatic carbocycles. The molecule has 0 heterocycles. The number of benzene rings is 3. The number of aryl methyl sites for hydroxylation is 1. The molecule has 3 aromatic carbocycles. The van der Waals surface area contributed by atoms with Gasteiger partial charge in [-0.1, -0.05) is 74.0 Å². The maximum Gasteiger partial charge on any atom is 0.264 e. The molecule has 0 bridgehead atoms. The van der Waals surface area contributed by atoms with Gasteiger partial charge in [0.05, 0.1) is 17.7 Å². The lowest BCUT2D eigenvalue weighted by atomic mass is 10.1. The summed E-state index contributed by atoms with van der Waals surface area (Å²) in [5.41, 5.74) is 2.17. The molecule has 0 aromatic heterocycles. The average Bonchev–Trinajstić information content (AvgIpc) is 2.97. The van der Waals surface area contributed by atoms with Crippen LogP contribution in [0, 0.1) is 6.92 Å². The van der Waals surface area contributed by atoms with Gasteiger partial charge in [-0.15, -0.1) is 0 Å². The first-order chi connectivity index (χ1) is 19.2. The summed E-state index contributed by atoms with van der Waals surface area (Å²) in [6.07, 6.45) is 1.66. The predicted octanol–water partition coefficient (Wildman–Crippen LogP) is 4.58. The zero-order chi connectivity index (χ0) is 29.1. The molecule has 3 rings (SSSR count). The average molecular weight is 566 g/mol. The van der Waals surface area contributed by atoms with Gasteiger partial charge in [0.2, 0.25) is 11.8 Å². The minimum atomic E-state index is -4.16. The summed E-state index contributed by atoms with van der Waals surface area (Å²) in [5.74, 6) is -0.415. The van der Waals surface area contributed by atoms with Crippen LogP contribution in [-0.2, 0) is 26.0 Å². The molecular formula is C31H39N3O5S. The van der Waals surface area contributed by atoms with E-state index in [1.807, 2.05) is 51.1 Å². The molecule has 1 atom stereocenters. The number of sulfonamides is 1. The quantitative estimate of drug-likeness (QED) is 0.309. The van der Waals surface area contributed by atoms with E-state index in [1.165, 1.54) is 24.1 Å². The van der Waals surface area contributed by atoms with E-state index in [-0.39, 0.29) is 23.0 Å². The number of rotatable bonds is 14. The van der Waals surface area contributed by atoms with Crippen LogP contribution < -0.4 is 14.4 Å². The molecule has 0 radical (unpaired) electrons. The Bertz CT molecular complexity index is 1360. The number of hydrogen-bond donors (Lipinski definition) is 1. The molecule has 0 spiro atoms. The SMILES string of the molecule is CCCNC(=O)[C@H](CC)N(CCc1ccccc1)C(=O)CN(c1ccccc1OC)S(=O)(=O)c1ccc(C)cc1. The van der Waals surface area contributed by atoms with E-state index >= 15 is 0 Å². The standard InChI is InChI=1S/C31H39N3O5S/c1-5-21-32-31(36)27(6-2)33(22-20-25-12-8-7-9-13-25)30(35)23-34(28-14-10-11-15-29(28)39-4)40(37,38)26-18-16-24(3)17-19-26/h7-19,27H,5-6,20-23H2,1-4H3,(H,32,36)/t27-/m0/s1. The van der Waals surface area contributed by atoms with Crippen molar-refractivity contribution in [1.82, 2.24) is 10.2 Å². The van der Waals surface area contributed by atoms with Crippen LogP contribution in [0.4, 0.5) is 5.69 Å². The van der Waals surface area contributed by atoms with Gasteiger partial charge in [0.1, 0.15) is 18.3 Å². The Balaban J connectivity index is 2.03. The lowest BCUT2D eigenvalue weighted by Gasteiger charge is -2.33. The molecule has 0 aliphatic heterocycles. The highest BCUT2D eigenvalue weighted by molar-refractivity contribution is 7.92. The molecule has 3 aromatic rings. The van der Waals surface area contributed by atoms with Crippen molar-refractivity contribution < 1.29 is 22.7 Å². The summed E-state index contributed by atoms with van der Waals surface area (Å²) in [5, 5.41) is 2.90. The first-order valence-corrected chi connectivity index (χ1v) is 15.0. The maximum atomic E-state index is 14.1. The zero-order valence-corrected chi connectivity index (χ0v) is 24.5. The molecule has 40 heavy (non-hydrogen) atoms. The molecule has 0 aliphatic rings. The minimum Gasteiger partial charge on any atom is -0.495 e. The smallest absolute Gasteiger partial charge is 0.264 e. The van der Waals surface area contributed by atoms with Gasteiger partial charge in [0.25, 0.3) is 10.0 Å². The fraction of sp³-hybridized carbons (Fsp3) is 0.355. The molecule has 0 saturated carbocycles. The van der Waals surface area contributed by atoms with E-state index in [2.05, 4.69) is 5.32 Å². The van der Waals surface area contributed by atoms with Crippen molar-refractivity contribution in [3.8, 4) is 5.75 Å². The van der Waals surface area contributed by atoms with Crippen molar-refractivity contribution in [2.45, 2.75) is 51.0 Å². The molecule has 0 saturated heterocycles. The summed E-state index contributed by atoms with van der Waals surface area (Å²) in [6, 6.07) is 22.1. The Hall–Kier alpha value is -3.85. The molecular weight excluding hydrogens is 526 g/mol. The number of amides is 2. The number of methoxy groups -OCH3 is 1. The van der Waals surface area contributed by atoms with Gasteiger partial charge in [0.15, 0.2) is 0 Å². The minimum absolute atomic E-state index is 0.0559. The topological polar surface area (TPSA) is 96.0 Å². The maximum absolute atomic E-state index is 14.1. The highest BCUT2D eigenvalue weighted by atomic mass is 32.2. The lowest BCUT2D eigenvalue weighted by Crippen LogP contribution is -2.53. The molecule has 214 valence electrons. The predicted molar refractivity (Wildman–Crippen MR) is 158 cm³/mol. The van der Waals surface area contributed by atoms with Crippen LogP contribution in [0.25, 0.3) is 0 Å². The number of para-hydroxylation sites is 2. The van der Waals surface area contributed by atoms with Gasteiger partial charge in [-0.05, 0) is 56.0 Å². The Morgan fingerprint density at radius 3 is 2.20 bits per heavy atom. The van der Waals surface area contributed by atoms with E-state index in [0.29, 0.717) is 25.1 Å². The molecule has 9 heteroatoms. The highest BCUT2D eigenvalue weighted by Gasteiger charge is 2.34. The summed E-state index contributed by atoms with van der Waals surface area (Å²) in [7, 11) is -2.71. The third kappa shape index (κ3) is 7.63. The Kier molecular flexibility index (Phi) is 11.1. The van der Waals surface area contributed by atoms with Gasteiger partial charge in [-0.2, -0.15) is 0 Å². The van der Waals surface area contributed by atoms with Gasteiger partial charge in [0, 0.05) is 13.1 Å².